The molecular weight excluding hydrogens is 325 g/mol. The quantitative estimate of drug-likeness (QED) is 0.909. The lowest BCUT2D eigenvalue weighted by atomic mass is 9.96. The van der Waals surface area contributed by atoms with Crippen LogP contribution in [0.5, 0.6) is 0 Å². The summed E-state index contributed by atoms with van der Waals surface area (Å²) in [6, 6.07) is 4.75. The summed E-state index contributed by atoms with van der Waals surface area (Å²) < 4.78 is 15.2. The molecule has 1 aromatic heterocycles. The Labute approximate surface area is 144 Å². The maximum absolute atomic E-state index is 13.8. The van der Waals surface area contributed by atoms with Gasteiger partial charge in [0, 0.05) is 19.0 Å². The van der Waals surface area contributed by atoms with Crippen LogP contribution in [0.1, 0.15) is 34.6 Å². The van der Waals surface area contributed by atoms with Gasteiger partial charge in [-0.3, -0.25) is 9.59 Å². The number of benzene rings is 1. The number of aryl methyl sites for hydroxylation is 1. The molecule has 0 saturated carbocycles. The van der Waals surface area contributed by atoms with Gasteiger partial charge in [0.15, 0.2) is 5.69 Å². The fraction of sp³-hybridized carbons (Fsp3) is 0.412. The molecule has 1 fully saturated rings. The maximum Gasteiger partial charge on any atom is 0.276 e. The van der Waals surface area contributed by atoms with E-state index in [-0.39, 0.29) is 29.2 Å². The summed E-state index contributed by atoms with van der Waals surface area (Å²) in [6.45, 7) is 4.31. The maximum atomic E-state index is 13.8. The molecule has 7 nitrogen and oxygen atoms in total. The van der Waals surface area contributed by atoms with Crippen LogP contribution in [-0.4, -0.2) is 44.8 Å². The van der Waals surface area contributed by atoms with Gasteiger partial charge in [0.05, 0.1) is 11.4 Å². The highest BCUT2D eigenvalue weighted by molar-refractivity contribution is 5.93. The summed E-state index contributed by atoms with van der Waals surface area (Å²) in [5.74, 6) is -1.08. The molecule has 2 heterocycles. The van der Waals surface area contributed by atoms with Crippen molar-refractivity contribution in [3.63, 3.8) is 0 Å². The van der Waals surface area contributed by atoms with E-state index in [4.69, 9.17) is 5.73 Å². The Morgan fingerprint density at radius 2 is 1.92 bits per heavy atom. The van der Waals surface area contributed by atoms with Crippen LogP contribution in [0, 0.1) is 25.6 Å². The molecule has 8 heteroatoms. The first-order valence-corrected chi connectivity index (χ1v) is 8.16. The number of nitrogens with two attached hydrogens (primary N) is 1. The summed E-state index contributed by atoms with van der Waals surface area (Å²) >= 11 is 0. The molecule has 2 aromatic rings. The molecule has 3 rings (SSSR count). The number of amides is 2. The minimum absolute atomic E-state index is 0.184. The van der Waals surface area contributed by atoms with Crippen molar-refractivity contribution in [3.8, 4) is 5.69 Å². The molecule has 132 valence electrons. The highest BCUT2D eigenvalue weighted by atomic mass is 19.1. The van der Waals surface area contributed by atoms with Gasteiger partial charge in [0.1, 0.15) is 5.82 Å². The first-order valence-electron chi connectivity index (χ1n) is 8.16. The third-order valence-electron chi connectivity index (χ3n) is 4.68. The standard InChI is InChI=1S/C17H20FN5O2/c1-10-3-4-13(9-14(10)18)23-11(2)15(20-21-23)17(25)22-7-5-12(6-8-22)16(19)24/h3-4,9,12H,5-8H2,1-2H3,(H2,19,24). The van der Waals surface area contributed by atoms with E-state index in [9.17, 15) is 14.0 Å². The Balaban J connectivity index is 1.80. The molecular formula is C17H20FN5O2. The monoisotopic (exact) mass is 345 g/mol. The molecule has 0 radical (unpaired) electrons. The van der Waals surface area contributed by atoms with E-state index in [0.717, 1.165) is 0 Å². The largest absolute Gasteiger partial charge is 0.369 e. The number of primary amides is 1. The minimum atomic E-state index is -0.339. The van der Waals surface area contributed by atoms with Crippen LogP contribution in [-0.2, 0) is 4.79 Å². The van der Waals surface area contributed by atoms with Crippen molar-refractivity contribution in [2.24, 2.45) is 11.7 Å². The van der Waals surface area contributed by atoms with Crippen molar-refractivity contribution >= 4 is 11.8 Å². The minimum Gasteiger partial charge on any atom is -0.369 e. The van der Waals surface area contributed by atoms with Gasteiger partial charge in [0.25, 0.3) is 5.91 Å². The summed E-state index contributed by atoms with van der Waals surface area (Å²) in [6.07, 6.45) is 1.11. The molecule has 25 heavy (non-hydrogen) atoms. The highest BCUT2D eigenvalue weighted by Gasteiger charge is 2.29. The molecule has 1 aromatic carbocycles. The smallest absolute Gasteiger partial charge is 0.276 e. The van der Waals surface area contributed by atoms with Crippen LogP contribution in [0.4, 0.5) is 4.39 Å². The number of aromatic nitrogens is 3. The zero-order valence-electron chi connectivity index (χ0n) is 14.2. The van der Waals surface area contributed by atoms with Crippen LogP contribution < -0.4 is 5.73 Å². The Bertz CT molecular complexity index is 824. The zero-order valence-corrected chi connectivity index (χ0v) is 14.2. The third-order valence-corrected chi connectivity index (χ3v) is 4.68. The summed E-state index contributed by atoms with van der Waals surface area (Å²) in [4.78, 5) is 25.6. The number of carbonyl (C=O) groups is 2. The van der Waals surface area contributed by atoms with E-state index >= 15 is 0 Å². The number of hydrogen-bond donors (Lipinski definition) is 1. The molecule has 0 atom stereocenters. The molecule has 2 N–H and O–H groups in total. The third kappa shape index (κ3) is 3.24. The van der Waals surface area contributed by atoms with Crippen molar-refractivity contribution < 1.29 is 14.0 Å². The lowest BCUT2D eigenvalue weighted by Gasteiger charge is -2.30. The van der Waals surface area contributed by atoms with E-state index in [1.54, 1.807) is 30.9 Å². The second-order valence-electron chi connectivity index (χ2n) is 6.34. The van der Waals surface area contributed by atoms with E-state index in [1.807, 2.05) is 0 Å². The van der Waals surface area contributed by atoms with Crippen molar-refractivity contribution in [2.75, 3.05) is 13.1 Å². The molecule has 0 aliphatic carbocycles. The highest BCUT2D eigenvalue weighted by Crippen LogP contribution is 2.20. The molecule has 1 aliphatic heterocycles. The second-order valence-corrected chi connectivity index (χ2v) is 6.34. The van der Waals surface area contributed by atoms with E-state index in [2.05, 4.69) is 10.3 Å². The van der Waals surface area contributed by atoms with Crippen molar-refractivity contribution in [1.82, 2.24) is 19.9 Å². The Morgan fingerprint density at radius 1 is 1.24 bits per heavy atom. The fourth-order valence-corrected chi connectivity index (χ4v) is 3.00. The van der Waals surface area contributed by atoms with E-state index in [1.165, 1.54) is 10.7 Å². The average Bonchev–Trinajstić information content (AvgIpc) is 2.98. The normalized spacial score (nSPS) is 15.4. The molecule has 0 spiro atoms. The number of nitrogens with zero attached hydrogens (tertiary/aromatic N) is 4. The SMILES string of the molecule is Cc1ccc(-n2nnc(C(=O)N3CCC(C(N)=O)CC3)c2C)cc1F. The van der Waals surface area contributed by atoms with Gasteiger partial charge < -0.3 is 10.6 Å². The van der Waals surface area contributed by atoms with Crippen molar-refractivity contribution in [3.05, 3.63) is 41.0 Å². The van der Waals surface area contributed by atoms with Gasteiger partial charge in [0.2, 0.25) is 5.91 Å². The predicted octanol–water partition coefficient (Wildman–Crippen LogP) is 1.36. The zero-order chi connectivity index (χ0) is 18.1. The number of likely N-dealkylation sites (tertiary alicyclic amines) is 1. The Hall–Kier alpha value is -2.77. The lowest BCUT2D eigenvalue weighted by molar-refractivity contribution is -0.123. The Morgan fingerprint density at radius 3 is 2.52 bits per heavy atom. The fourth-order valence-electron chi connectivity index (χ4n) is 3.00. The molecule has 2 amide bonds. The number of hydrogen-bond acceptors (Lipinski definition) is 4. The number of piperidine rings is 1. The van der Waals surface area contributed by atoms with Gasteiger partial charge in [-0.25, -0.2) is 9.07 Å². The van der Waals surface area contributed by atoms with Gasteiger partial charge in [-0.1, -0.05) is 11.3 Å². The predicted molar refractivity (Wildman–Crippen MR) is 88.6 cm³/mol. The van der Waals surface area contributed by atoms with Crippen molar-refractivity contribution in [1.29, 1.82) is 0 Å². The van der Waals surface area contributed by atoms with Crippen LogP contribution in [0.3, 0.4) is 0 Å². The topological polar surface area (TPSA) is 94.1 Å². The number of rotatable bonds is 3. The number of carbonyl (C=O) groups excluding carboxylic acids is 2. The summed E-state index contributed by atoms with van der Waals surface area (Å²) in [5.41, 5.74) is 7.15. The Kier molecular flexibility index (Phi) is 4.52. The van der Waals surface area contributed by atoms with E-state index < -0.39 is 0 Å². The van der Waals surface area contributed by atoms with Crippen LogP contribution in [0.2, 0.25) is 0 Å². The molecule has 0 bridgehead atoms. The van der Waals surface area contributed by atoms with Gasteiger partial charge >= 0.3 is 0 Å². The average molecular weight is 345 g/mol. The van der Waals surface area contributed by atoms with Crippen LogP contribution in [0.25, 0.3) is 5.69 Å². The second kappa shape index (κ2) is 6.62. The summed E-state index contributed by atoms with van der Waals surface area (Å²) in [7, 11) is 0. The van der Waals surface area contributed by atoms with Gasteiger partial charge in [-0.2, -0.15) is 0 Å². The van der Waals surface area contributed by atoms with Crippen LogP contribution in [0.15, 0.2) is 18.2 Å². The molecule has 1 aliphatic rings. The molecule has 0 unspecified atom stereocenters. The number of halogens is 1. The first kappa shape index (κ1) is 17.1. The van der Waals surface area contributed by atoms with Crippen LogP contribution >= 0.6 is 0 Å². The summed E-state index contributed by atoms with van der Waals surface area (Å²) in [5, 5.41) is 7.98. The first-order chi connectivity index (χ1) is 11.9. The van der Waals surface area contributed by atoms with Crippen molar-refractivity contribution in [2.45, 2.75) is 26.7 Å². The lowest BCUT2D eigenvalue weighted by Crippen LogP contribution is -2.42. The van der Waals surface area contributed by atoms with Gasteiger partial charge in [-0.15, -0.1) is 5.10 Å². The van der Waals surface area contributed by atoms with E-state index in [0.29, 0.717) is 42.9 Å². The van der Waals surface area contributed by atoms with Gasteiger partial charge in [-0.05, 0) is 44.4 Å². The molecule has 1 saturated heterocycles.